The molecule has 1 aromatic heterocycles. The van der Waals surface area contributed by atoms with E-state index in [0.717, 1.165) is 0 Å². The van der Waals surface area contributed by atoms with Crippen LogP contribution in [0.25, 0.3) is 5.69 Å². The third-order valence-corrected chi connectivity index (χ3v) is 2.47. The number of nitrogens with zero attached hydrogens (tertiary/aromatic N) is 3. The molecular weight excluding hydrogens is 249 g/mol. The van der Waals surface area contributed by atoms with E-state index in [1.54, 1.807) is 24.5 Å². The van der Waals surface area contributed by atoms with E-state index in [1.165, 1.54) is 10.7 Å². The highest BCUT2D eigenvalue weighted by Gasteiger charge is 2.03. The van der Waals surface area contributed by atoms with Crippen LogP contribution in [0.5, 0.6) is 0 Å². The zero-order valence-electron chi connectivity index (χ0n) is 7.19. The second kappa shape index (κ2) is 3.88. The Morgan fingerprint density at radius 3 is 2.86 bits per heavy atom. The number of hydrogen-bond acceptors (Lipinski definition) is 2. The van der Waals surface area contributed by atoms with Gasteiger partial charge in [-0.1, -0.05) is 27.2 Å². The van der Waals surface area contributed by atoms with E-state index in [9.17, 15) is 4.39 Å². The zero-order valence-corrected chi connectivity index (χ0v) is 8.78. The Morgan fingerprint density at radius 2 is 2.29 bits per heavy atom. The lowest BCUT2D eigenvalue weighted by Gasteiger charge is -2.02. The van der Waals surface area contributed by atoms with Crippen LogP contribution in [-0.4, -0.2) is 15.0 Å². The Kier molecular flexibility index (Phi) is 2.58. The minimum Gasteiger partial charge on any atom is -0.221 e. The SMILES string of the molecule is Fc1cc(-n2ccnn2)ccc1CBr. The summed E-state index contributed by atoms with van der Waals surface area (Å²) in [5.41, 5.74) is 1.30. The van der Waals surface area contributed by atoms with Crippen LogP contribution in [0.1, 0.15) is 5.56 Å². The van der Waals surface area contributed by atoms with Crippen molar-refractivity contribution in [3.05, 3.63) is 42.0 Å². The number of aromatic nitrogens is 3. The molecule has 0 aliphatic carbocycles. The van der Waals surface area contributed by atoms with Gasteiger partial charge in [0.2, 0.25) is 0 Å². The minimum absolute atomic E-state index is 0.241. The lowest BCUT2D eigenvalue weighted by Crippen LogP contribution is -1.97. The molecule has 3 nitrogen and oxygen atoms in total. The fourth-order valence-corrected chi connectivity index (χ4v) is 1.59. The molecule has 0 saturated carbocycles. The Balaban J connectivity index is 2.43. The van der Waals surface area contributed by atoms with Gasteiger partial charge in [0.1, 0.15) is 5.82 Å². The van der Waals surface area contributed by atoms with Crippen LogP contribution in [0.15, 0.2) is 30.6 Å². The normalized spacial score (nSPS) is 10.4. The Bertz CT molecular complexity index is 428. The summed E-state index contributed by atoms with van der Waals surface area (Å²) in [5.74, 6) is -0.241. The van der Waals surface area contributed by atoms with Crippen molar-refractivity contribution in [3.8, 4) is 5.69 Å². The topological polar surface area (TPSA) is 30.7 Å². The quantitative estimate of drug-likeness (QED) is 0.772. The van der Waals surface area contributed by atoms with Gasteiger partial charge in [0.05, 0.1) is 18.1 Å². The highest BCUT2D eigenvalue weighted by molar-refractivity contribution is 9.08. The van der Waals surface area contributed by atoms with Gasteiger partial charge in [-0.25, -0.2) is 9.07 Å². The van der Waals surface area contributed by atoms with E-state index in [4.69, 9.17) is 0 Å². The molecule has 0 radical (unpaired) electrons. The maximum atomic E-state index is 13.4. The Hall–Kier alpha value is -1.23. The number of benzene rings is 1. The van der Waals surface area contributed by atoms with Gasteiger partial charge in [-0.05, 0) is 17.7 Å². The van der Waals surface area contributed by atoms with E-state index in [1.807, 2.05) is 0 Å². The van der Waals surface area contributed by atoms with E-state index < -0.39 is 0 Å². The van der Waals surface area contributed by atoms with Crippen molar-refractivity contribution < 1.29 is 4.39 Å². The first-order valence-corrected chi connectivity index (χ1v) is 5.14. The first-order valence-electron chi connectivity index (χ1n) is 4.02. The second-order valence-corrected chi connectivity index (χ2v) is 3.32. The lowest BCUT2D eigenvalue weighted by molar-refractivity contribution is 0.614. The van der Waals surface area contributed by atoms with Gasteiger partial charge in [0, 0.05) is 5.33 Å². The summed E-state index contributed by atoms with van der Waals surface area (Å²) in [7, 11) is 0. The predicted molar refractivity (Wildman–Crippen MR) is 53.9 cm³/mol. The van der Waals surface area contributed by atoms with Crippen LogP contribution < -0.4 is 0 Å². The first kappa shape index (κ1) is 9.33. The van der Waals surface area contributed by atoms with Crippen molar-refractivity contribution in [2.75, 3.05) is 0 Å². The summed E-state index contributed by atoms with van der Waals surface area (Å²) in [6.45, 7) is 0. The largest absolute Gasteiger partial charge is 0.221 e. The molecule has 0 fully saturated rings. The summed E-state index contributed by atoms with van der Waals surface area (Å²) in [5, 5.41) is 7.93. The van der Waals surface area contributed by atoms with Crippen LogP contribution in [0.2, 0.25) is 0 Å². The van der Waals surface area contributed by atoms with E-state index in [2.05, 4.69) is 26.2 Å². The molecule has 0 N–H and O–H groups in total. The van der Waals surface area contributed by atoms with Gasteiger partial charge >= 0.3 is 0 Å². The van der Waals surface area contributed by atoms with Crippen LogP contribution in [0.3, 0.4) is 0 Å². The van der Waals surface area contributed by atoms with Gasteiger partial charge in [0.25, 0.3) is 0 Å². The van der Waals surface area contributed by atoms with Crippen molar-refractivity contribution in [1.82, 2.24) is 15.0 Å². The van der Waals surface area contributed by atoms with Crippen molar-refractivity contribution in [2.45, 2.75) is 5.33 Å². The molecule has 72 valence electrons. The summed E-state index contributed by atoms with van der Waals surface area (Å²) in [6, 6.07) is 4.96. The standard InChI is InChI=1S/C9H7BrFN3/c10-6-7-1-2-8(5-9(7)11)14-4-3-12-13-14/h1-5H,6H2. The van der Waals surface area contributed by atoms with E-state index >= 15 is 0 Å². The second-order valence-electron chi connectivity index (χ2n) is 2.76. The molecular formula is C9H7BrFN3. The molecule has 2 rings (SSSR count). The Labute approximate surface area is 88.7 Å². The van der Waals surface area contributed by atoms with Crippen LogP contribution in [0, 0.1) is 5.82 Å². The smallest absolute Gasteiger partial charge is 0.129 e. The molecule has 0 aliphatic rings. The molecule has 14 heavy (non-hydrogen) atoms. The number of rotatable bonds is 2. The number of halogens is 2. The van der Waals surface area contributed by atoms with Gasteiger partial charge in [0.15, 0.2) is 0 Å². The van der Waals surface area contributed by atoms with E-state index in [-0.39, 0.29) is 5.82 Å². The van der Waals surface area contributed by atoms with Crippen LogP contribution >= 0.6 is 15.9 Å². The average molecular weight is 256 g/mol. The van der Waals surface area contributed by atoms with Crippen molar-refractivity contribution >= 4 is 15.9 Å². The molecule has 0 unspecified atom stereocenters. The molecule has 0 aliphatic heterocycles. The van der Waals surface area contributed by atoms with Crippen molar-refractivity contribution in [1.29, 1.82) is 0 Å². The summed E-state index contributed by atoms with van der Waals surface area (Å²) < 4.78 is 14.9. The molecule has 1 aromatic carbocycles. The highest BCUT2D eigenvalue weighted by atomic mass is 79.9. The average Bonchev–Trinajstić information content (AvgIpc) is 2.70. The summed E-state index contributed by atoms with van der Waals surface area (Å²) in [6.07, 6.45) is 3.22. The molecule has 0 bridgehead atoms. The molecule has 0 spiro atoms. The van der Waals surface area contributed by atoms with Gasteiger partial charge in [-0.3, -0.25) is 0 Å². The maximum absolute atomic E-state index is 13.4. The first-order chi connectivity index (χ1) is 6.81. The predicted octanol–water partition coefficient (Wildman–Crippen LogP) is 2.30. The third-order valence-electron chi connectivity index (χ3n) is 1.87. The van der Waals surface area contributed by atoms with Gasteiger partial charge in [-0.2, -0.15) is 0 Å². The minimum atomic E-state index is -0.241. The van der Waals surface area contributed by atoms with Crippen molar-refractivity contribution in [3.63, 3.8) is 0 Å². The van der Waals surface area contributed by atoms with Crippen LogP contribution in [0.4, 0.5) is 4.39 Å². The summed E-state index contributed by atoms with van der Waals surface area (Å²) >= 11 is 3.21. The number of alkyl halides is 1. The highest BCUT2D eigenvalue weighted by Crippen LogP contribution is 2.15. The van der Waals surface area contributed by atoms with Gasteiger partial charge < -0.3 is 0 Å². The molecule has 5 heteroatoms. The van der Waals surface area contributed by atoms with E-state index in [0.29, 0.717) is 16.6 Å². The third kappa shape index (κ3) is 1.68. The molecule has 0 amide bonds. The fourth-order valence-electron chi connectivity index (χ4n) is 1.13. The van der Waals surface area contributed by atoms with Crippen molar-refractivity contribution in [2.24, 2.45) is 0 Å². The number of hydrogen-bond donors (Lipinski definition) is 0. The summed E-state index contributed by atoms with van der Waals surface area (Å²) in [4.78, 5) is 0. The van der Waals surface area contributed by atoms with Gasteiger partial charge in [-0.15, -0.1) is 5.10 Å². The van der Waals surface area contributed by atoms with Crippen LogP contribution in [-0.2, 0) is 5.33 Å². The molecule has 1 heterocycles. The maximum Gasteiger partial charge on any atom is 0.129 e. The molecule has 2 aromatic rings. The molecule has 0 saturated heterocycles. The fraction of sp³-hybridized carbons (Fsp3) is 0.111. The molecule has 0 atom stereocenters. The Morgan fingerprint density at radius 1 is 1.43 bits per heavy atom. The lowest BCUT2D eigenvalue weighted by atomic mass is 10.2. The zero-order chi connectivity index (χ0) is 9.97. The monoisotopic (exact) mass is 255 g/mol.